The quantitative estimate of drug-likeness (QED) is 0.660. The van der Waals surface area contributed by atoms with Crippen LogP contribution in [0.25, 0.3) is 0 Å². The highest BCUT2D eigenvalue weighted by molar-refractivity contribution is 5.64. The average molecular weight is 261 g/mol. The van der Waals surface area contributed by atoms with E-state index in [1.54, 1.807) is 13.2 Å². The molecular weight excluding hydrogens is 242 g/mol. The van der Waals surface area contributed by atoms with Crippen LogP contribution in [0.4, 0.5) is 11.4 Å². The third-order valence-corrected chi connectivity index (χ3v) is 3.35. The van der Waals surface area contributed by atoms with Gasteiger partial charge in [-0.2, -0.15) is 5.26 Å². The molecule has 0 unspecified atom stereocenters. The van der Waals surface area contributed by atoms with Crippen molar-refractivity contribution in [1.29, 1.82) is 5.26 Å². The Balaban J connectivity index is 2.00. The molecule has 5 nitrogen and oxygen atoms in total. The Morgan fingerprint density at radius 1 is 1.42 bits per heavy atom. The van der Waals surface area contributed by atoms with Gasteiger partial charge in [0.2, 0.25) is 0 Å². The van der Waals surface area contributed by atoms with Gasteiger partial charge in [-0.25, -0.2) is 0 Å². The average Bonchev–Trinajstić information content (AvgIpc) is 2.45. The zero-order valence-corrected chi connectivity index (χ0v) is 11.1. The predicted molar refractivity (Wildman–Crippen MR) is 73.8 cm³/mol. The maximum atomic E-state index is 9.17. The van der Waals surface area contributed by atoms with Gasteiger partial charge in [0.15, 0.2) is 0 Å². The van der Waals surface area contributed by atoms with E-state index in [4.69, 9.17) is 20.5 Å². The van der Waals surface area contributed by atoms with Gasteiger partial charge in [-0.15, -0.1) is 0 Å². The van der Waals surface area contributed by atoms with Crippen molar-refractivity contribution in [2.75, 3.05) is 37.6 Å². The summed E-state index contributed by atoms with van der Waals surface area (Å²) in [6.45, 7) is 2.11. The van der Waals surface area contributed by atoms with Crippen LogP contribution >= 0.6 is 0 Å². The van der Waals surface area contributed by atoms with Crippen LogP contribution in [-0.4, -0.2) is 33.1 Å². The first-order valence-corrected chi connectivity index (χ1v) is 6.39. The van der Waals surface area contributed by atoms with Crippen molar-refractivity contribution in [2.24, 2.45) is 0 Å². The van der Waals surface area contributed by atoms with Gasteiger partial charge < -0.3 is 20.1 Å². The highest BCUT2D eigenvalue weighted by Gasteiger charge is 2.21. The van der Waals surface area contributed by atoms with Crippen LogP contribution in [0.3, 0.4) is 0 Å². The number of hydrogen-bond acceptors (Lipinski definition) is 5. The lowest BCUT2D eigenvalue weighted by molar-refractivity contribution is -0.0780. The minimum absolute atomic E-state index is 0.246. The largest absolute Gasteiger partial charge is 0.399 e. The molecule has 1 saturated heterocycles. The van der Waals surface area contributed by atoms with Crippen LogP contribution in [0.2, 0.25) is 0 Å². The van der Waals surface area contributed by atoms with Gasteiger partial charge in [0.1, 0.15) is 12.9 Å². The second kappa shape index (κ2) is 6.41. The van der Waals surface area contributed by atoms with Gasteiger partial charge in [0.25, 0.3) is 0 Å². The van der Waals surface area contributed by atoms with Gasteiger partial charge in [0, 0.05) is 25.9 Å². The van der Waals surface area contributed by atoms with Crippen molar-refractivity contribution in [3.05, 3.63) is 23.8 Å². The Morgan fingerprint density at radius 2 is 2.16 bits per heavy atom. The van der Waals surface area contributed by atoms with Crippen LogP contribution in [-0.2, 0) is 9.47 Å². The van der Waals surface area contributed by atoms with E-state index in [0.717, 1.165) is 31.6 Å². The normalized spacial score (nSPS) is 16.3. The fourth-order valence-corrected chi connectivity index (χ4v) is 2.35. The molecule has 1 fully saturated rings. The lowest BCUT2D eigenvalue weighted by atomic mass is 10.0. The molecule has 0 atom stereocenters. The van der Waals surface area contributed by atoms with E-state index in [-0.39, 0.29) is 6.10 Å². The Labute approximate surface area is 113 Å². The van der Waals surface area contributed by atoms with Gasteiger partial charge in [-0.1, -0.05) is 0 Å². The molecule has 19 heavy (non-hydrogen) atoms. The summed E-state index contributed by atoms with van der Waals surface area (Å²) in [6.07, 6.45) is 2.13. The smallest absolute Gasteiger partial charge is 0.146 e. The molecule has 5 heteroatoms. The Kier molecular flexibility index (Phi) is 4.61. The zero-order valence-electron chi connectivity index (χ0n) is 11.1. The van der Waals surface area contributed by atoms with E-state index in [9.17, 15) is 0 Å². The zero-order chi connectivity index (χ0) is 13.7. The van der Waals surface area contributed by atoms with Crippen molar-refractivity contribution in [1.82, 2.24) is 0 Å². The summed E-state index contributed by atoms with van der Waals surface area (Å²) in [5, 5.41) is 9.17. The van der Waals surface area contributed by atoms with Gasteiger partial charge in [-0.05, 0) is 31.0 Å². The Hall–Kier alpha value is -1.77. The molecule has 1 heterocycles. The van der Waals surface area contributed by atoms with Crippen molar-refractivity contribution in [3.8, 4) is 6.07 Å². The first-order chi connectivity index (χ1) is 9.24. The SMILES string of the molecule is COCOC1CCN(c2ccc(N)cc2C#N)CC1. The molecule has 0 bridgehead atoms. The van der Waals surface area contributed by atoms with Gasteiger partial charge in [-0.3, -0.25) is 0 Å². The molecule has 102 valence electrons. The second-order valence-corrected chi connectivity index (χ2v) is 4.65. The molecule has 0 aromatic heterocycles. The van der Waals surface area contributed by atoms with E-state index in [1.165, 1.54) is 0 Å². The summed E-state index contributed by atoms with van der Waals surface area (Å²) in [5.74, 6) is 0. The van der Waals surface area contributed by atoms with E-state index >= 15 is 0 Å². The van der Waals surface area contributed by atoms with E-state index < -0.39 is 0 Å². The highest BCUT2D eigenvalue weighted by Crippen LogP contribution is 2.26. The molecular formula is C14H19N3O2. The van der Waals surface area contributed by atoms with Crippen LogP contribution < -0.4 is 10.6 Å². The summed E-state index contributed by atoms with van der Waals surface area (Å²) < 4.78 is 10.5. The summed E-state index contributed by atoms with van der Waals surface area (Å²) >= 11 is 0. The molecule has 0 radical (unpaired) electrons. The molecule has 1 aromatic carbocycles. The fourth-order valence-electron chi connectivity index (χ4n) is 2.35. The van der Waals surface area contributed by atoms with Crippen LogP contribution in [0, 0.1) is 11.3 Å². The minimum atomic E-state index is 0.246. The van der Waals surface area contributed by atoms with Gasteiger partial charge >= 0.3 is 0 Å². The molecule has 0 aliphatic carbocycles. The Bertz CT molecular complexity index is 462. The number of ether oxygens (including phenoxy) is 2. The molecule has 2 N–H and O–H groups in total. The number of nitrogens with two attached hydrogens (primary N) is 1. The molecule has 1 aromatic rings. The molecule has 2 rings (SSSR count). The number of methoxy groups -OCH3 is 1. The van der Waals surface area contributed by atoms with E-state index in [2.05, 4.69) is 11.0 Å². The van der Waals surface area contributed by atoms with Crippen molar-refractivity contribution in [2.45, 2.75) is 18.9 Å². The van der Waals surface area contributed by atoms with Gasteiger partial charge in [0.05, 0.1) is 17.4 Å². The lowest BCUT2D eigenvalue weighted by Crippen LogP contribution is -2.37. The van der Waals surface area contributed by atoms with Crippen LogP contribution in [0.1, 0.15) is 18.4 Å². The molecule has 0 amide bonds. The summed E-state index contributed by atoms with van der Waals surface area (Å²) in [6, 6.07) is 7.69. The standard InChI is InChI=1S/C14H19N3O2/c1-18-10-19-13-4-6-17(7-5-13)14-3-2-12(16)8-11(14)9-15/h2-3,8,13H,4-7,10,16H2,1H3. The van der Waals surface area contributed by atoms with Crippen molar-refractivity contribution >= 4 is 11.4 Å². The summed E-state index contributed by atoms with van der Waals surface area (Å²) in [7, 11) is 1.63. The van der Waals surface area contributed by atoms with E-state index in [1.807, 2.05) is 12.1 Å². The third kappa shape index (κ3) is 3.37. The number of anilines is 2. The first-order valence-electron chi connectivity index (χ1n) is 6.39. The fraction of sp³-hybridized carbons (Fsp3) is 0.500. The topological polar surface area (TPSA) is 71.5 Å². The van der Waals surface area contributed by atoms with Crippen LogP contribution in [0.5, 0.6) is 0 Å². The number of nitriles is 1. The molecule has 1 aliphatic heterocycles. The lowest BCUT2D eigenvalue weighted by Gasteiger charge is -2.33. The van der Waals surface area contributed by atoms with Crippen molar-refractivity contribution < 1.29 is 9.47 Å². The summed E-state index contributed by atoms with van der Waals surface area (Å²) in [5.41, 5.74) is 7.93. The minimum Gasteiger partial charge on any atom is -0.399 e. The highest BCUT2D eigenvalue weighted by atomic mass is 16.7. The number of hydrogen-bond donors (Lipinski definition) is 1. The second-order valence-electron chi connectivity index (χ2n) is 4.65. The molecule has 1 aliphatic rings. The number of rotatable bonds is 4. The van der Waals surface area contributed by atoms with Crippen LogP contribution in [0.15, 0.2) is 18.2 Å². The van der Waals surface area contributed by atoms with E-state index in [0.29, 0.717) is 18.0 Å². The first kappa shape index (κ1) is 13.7. The molecule has 0 saturated carbocycles. The molecule has 0 spiro atoms. The number of nitrogen functional groups attached to an aromatic ring is 1. The summed E-state index contributed by atoms with van der Waals surface area (Å²) in [4.78, 5) is 2.21. The predicted octanol–water partition coefficient (Wildman–Crippen LogP) is 1.73. The number of piperidine rings is 1. The maximum Gasteiger partial charge on any atom is 0.146 e. The Morgan fingerprint density at radius 3 is 2.79 bits per heavy atom. The number of benzene rings is 1. The third-order valence-electron chi connectivity index (χ3n) is 3.35. The van der Waals surface area contributed by atoms with Crippen molar-refractivity contribution in [3.63, 3.8) is 0 Å². The number of nitrogens with zero attached hydrogens (tertiary/aromatic N) is 2. The monoisotopic (exact) mass is 261 g/mol. The maximum absolute atomic E-state index is 9.17.